The standard InChI is InChI=1S/C11H20Br2O2S/c1-16(14,15)7-6-11(8-12,9-13)10-4-2-3-5-10/h10H,2-9H2,1H3. The Balaban J connectivity index is 2.70. The zero-order chi connectivity index (χ0) is 12.2. The highest BCUT2D eigenvalue weighted by atomic mass is 79.9. The van der Waals surface area contributed by atoms with Crippen LogP contribution in [0, 0.1) is 11.3 Å². The first-order valence-corrected chi connectivity index (χ1v) is 10.0. The molecule has 1 aliphatic rings. The van der Waals surface area contributed by atoms with E-state index in [0.29, 0.717) is 11.7 Å². The number of halogens is 2. The van der Waals surface area contributed by atoms with Gasteiger partial charge in [0.25, 0.3) is 0 Å². The van der Waals surface area contributed by atoms with Crippen molar-refractivity contribution in [3.63, 3.8) is 0 Å². The van der Waals surface area contributed by atoms with Crippen molar-refractivity contribution in [3.05, 3.63) is 0 Å². The van der Waals surface area contributed by atoms with Crippen molar-refractivity contribution in [2.75, 3.05) is 22.7 Å². The van der Waals surface area contributed by atoms with Crippen molar-refractivity contribution in [1.82, 2.24) is 0 Å². The summed E-state index contributed by atoms with van der Waals surface area (Å²) in [5.74, 6) is 0.980. The minimum Gasteiger partial charge on any atom is -0.229 e. The summed E-state index contributed by atoms with van der Waals surface area (Å²) in [4.78, 5) is 0. The highest BCUT2D eigenvalue weighted by Crippen LogP contribution is 2.45. The van der Waals surface area contributed by atoms with Crippen molar-refractivity contribution in [1.29, 1.82) is 0 Å². The summed E-state index contributed by atoms with van der Waals surface area (Å²) in [5.41, 5.74) is 0.125. The first-order chi connectivity index (χ1) is 7.43. The molecule has 0 atom stereocenters. The summed E-state index contributed by atoms with van der Waals surface area (Å²) in [6.45, 7) is 0. The van der Waals surface area contributed by atoms with Crippen LogP contribution >= 0.6 is 31.9 Å². The van der Waals surface area contributed by atoms with Crippen LogP contribution in [-0.4, -0.2) is 31.1 Å². The van der Waals surface area contributed by atoms with Crippen molar-refractivity contribution >= 4 is 41.7 Å². The van der Waals surface area contributed by atoms with Crippen LogP contribution in [0.1, 0.15) is 32.1 Å². The predicted octanol–water partition coefficient (Wildman–Crippen LogP) is 3.39. The molecular formula is C11H20Br2O2S. The first kappa shape index (κ1) is 15.0. The Morgan fingerprint density at radius 3 is 2.06 bits per heavy atom. The normalized spacial score (nSPS) is 19.2. The third kappa shape index (κ3) is 3.98. The fourth-order valence-electron chi connectivity index (χ4n) is 2.52. The van der Waals surface area contributed by atoms with E-state index < -0.39 is 9.84 Å². The van der Waals surface area contributed by atoms with Gasteiger partial charge in [-0.25, -0.2) is 8.42 Å². The fourth-order valence-corrected chi connectivity index (χ4v) is 5.70. The van der Waals surface area contributed by atoms with Gasteiger partial charge >= 0.3 is 0 Å². The van der Waals surface area contributed by atoms with E-state index >= 15 is 0 Å². The highest BCUT2D eigenvalue weighted by Gasteiger charge is 2.38. The third-order valence-electron chi connectivity index (χ3n) is 3.72. The Morgan fingerprint density at radius 2 is 1.69 bits per heavy atom. The zero-order valence-electron chi connectivity index (χ0n) is 9.71. The molecule has 1 rings (SSSR count). The summed E-state index contributed by atoms with van der Waals surface area (Å²) in [6.07, 6.45) is 7.19. The first-order valence-electron chi connectivity index (χ1n) is 5.73. The molecule has 0 heterocycles. The molecule has 0 aromatic rings. The second kappa shape index (κ2) is 6.19. The number of rotatable bonds is 6. The predicted molar refractivity (Wildman–Crippen MR) is 76.3 cm³/mol. The summed E-state index contributed by atoms with van der Waals surface area (Å²) in [5, 5.41) is 1.79. The van der Waals surface area contributed by atoms with Crippen LogP contribution in [0.25, 0.3) is 0 Å². The maximum atomic E-state index is 11.3. The molecule has 0 saturated heterocycles. The Hall–Kier alpha value is 0.910. The van der Waals surface area contributed by atoms with Crippen molar-refractivity contribution < 1.29 is 8.42 Å². The molecule has 0 amide bonds. The summed E-state index contributed by atoms with van der Waals surface area (Å²) >= 11 is 7.17. The van der Waals surface area contributed by atoms with Gasteiger partial charge in [-0.2, -0.15) is 0 Å². The summed E-state index contributed by atoms with van der Waals surface area (Å²) < 4.78 is 22.6. The van der Waals surface area contributed by atoms with E-state index in [2.05, 4.69) is 31.9 Å². The summed E-state index contributed by atoms with van der Waals surface area (Å²) in [6, 6.07) is 0. The molecule has 0 aliphatic heterocycles. The van der Waals surface area contributed by atoms with Crippen LogP contribution < -0.4 is 0 Å². The van der Waals surface area contributed by atoms with Gasteiger partial charge in [0.2, 0.25) is 0 Å². The van der Waals surface area contributed by atoms with Gasteiger partial charge in [-0.3, -0.25) is 0 Å². The molecule has 0 radical (unpaired) electrons. The molecule has 0 spiro atoms. The molecule has 16 heavy (non-hydrogen) atoms. The van der Waals surface area contributed by atoms with Gasteiger partial charge in [-0.1, -0.05) is 44.7 Å². The van der Waals surface area contributed by atoms with Crippen molar-refractivity contribution in [2.24, 2.45) is 11.3 Å². The smallest absolute Gasteiger partial charge is 0.147 e. The molecule has 0 aromatic heterocycles. The largest absolute Gasteiger partial charge is 0.229 e. The van der Waals surface area contributed by atoms with E-state index in [9.17, 15) is 8.42 Å². The molecule has 2 nitrogen and oxygen atoms in total. The van der Waals surface area contributed by atoms with E-state index in [1.807, 2.05) is 0 Å². The second-order valence-electron chi connectivity index (χ2n) is 4.99. The molecule has 0 unspecified atom stereocenters. The number of sulfone groups is 1. The fraction of sp³-hybridized carbons (Fsp3) is 1.00. The molecule has 1 aliphatic carbocycles. The molecule has 0 aromatic carbocycles. The molecule has 0 N–H and O–H groups in total. The monoisotopic (exact) mass is 374 g/mol. The quantitative estimate of drug-likeness (QED) is 0.667. The topological polar surface area (TPSA) is 34.1 Å². The van der Waals surface area contributed by atoms with Crippen LogP contribution in [0.4, 0.5) is 0 Å². The molecular weight excluding hydrogens is 356 g/mol. The number of hydrogen-bond acceptors (Lipinski definition) is 2. The lowest BCUT2D eigenvalue weighted by Gasteiger charge is -2.36. The van der Waals surface area contributed by atoms with Gasteiger partial charge in [0, 0.05) is 16.9 Å². The Morgan fingerprint density at radius 1 is 1.19 bits per heavy atom. The van der Waals surface area contributed by atoms with Gasteiger partial charge in [0.15, 0.2) is 0 Å². The van der Waals surface area contributed by atoms with E-state index in [-0.39, 0.29) is 5.41 Å². The minimum atomic E-state index is -2.85. The van der Waals surface area contributed by atoms with E-state index in [1.165, 1.54) is 31.9 Å². The minimum absolute atomic E-state index is 0.125. The van der Waals surface area contributed by atoms with Crippen LogP contribution in [0.15, 0.2) is 0 Å². The van der Waals surface area contributed by atoms with Gasteiger partial charge in [-0.05, 0) is 30.6 Å². The van der Waals surface area contributed by atoms with Gasteiger partial charge in [-0.15, -0.1) is 0 Å². The van der Waals surface area contributed by atoms with Crippen LogP contribution in [0.5, 0.6) is 0 Å². The van der Waals surface area contributed by atoms with Crippen LogP contribution in [-0.2, 0) is 9.84 Å². The lowest BCUT2D eigenvalue weighted by molar-refractivity contribution is 0.227. The van der Waals surface area contributed by atoms with Gasteiger partial charge in [0.1, 0.15) is 9.84 Å². The number of alkyl halides is 2. The van der Waals surface area contributed by atoms with Gasteiger partial charge < -0.3 is 0 Å². The Labute approximate surface area is 116 Å². The maximum Gasteiger partial charge on any atom is 0.147 e. The lowest BCUT2D eigenvalue weighted by atomic mass is 9.75. The second-order valence-corrected chi connectivity index (χ2v) is 8.37. The molecule has 0 bridgehead atoms. The zero-order valence-corrected chi connectivity index (χ0v) is 13.7. The average molecular weight is 376 g/mol. The number of hydrogen-bond donors (Lipinski definition) is 0. The maximum absolute atomic E-state index is 11.3. The van der Waals surface area contributed by atoms with Crippen LogP contribution in [0.3, 0.4) is 0 Å². The van der Waals surface area contributed by atoms with Crippen molar-refractivity contribution in [2.45, 2.75) is 32.1 Å². The Kier molecular flexibility index (Phi) is 5.79. The molecule has 1 saturated carbocycles. The summed E-state index contributed by atoms with van der Waals surface area (Å²) in [7, 11) is -2.85. The highest BCUT2D eigenvalue weighted by molar-refractivity contribution is 9.09. The average Bonchev–Trinajstić information content (AvgIpc) is 2.72. The van der Waals surface area contributed by atoms with E-state index in [4.69, 9.17) is 0 Å². The third-order valence-corrected chi connectivity index (χ3v) is 6.90. The van der Waals surface area contributed by atoms with E-state index in [0.717, 1.165) is 17.1 Å². The van der Waals surface area contributed by atoms with Crippen molar-refractivity contribution in [3.8, 4) is 0 Å². The SMILES string of the molecule is CS(=O)(=O)CCC(CBr)(CBr)C1CCCC1. The van der Waals surface area contributed by atoms with Gasteiger partial charge in [0.05, 0.1) is 5.75 Å². The molecule has 1 fully saturated rings. The molecule has 96 valence electrons. The molecule has 5 heteroatoms. The lowest BCUT2D eigenvalue weighted by Crippen LogP contribution is -2.35. The van der Waals surface area contributed by atoms with E-state index in [1.54, 1.807) is 0 Å². The van der Waals surface area contributed by atoms with Crippen LogP contribution in [0.2, 0.25) is 0 Å². The Bertz CT molecular complexity index is 304.